The molecule has 9 heteroatoms. The van der Waals surface area contributed by atoms with Crippen LogP contribution in [0.15, 0.2) is 18.2 Å². The average molecular weight is 281 g/mol. The highest BCUT2D eigenvalue weighted by Crippen LogP contribution is 2.17. The lowest BCUT2D eigenvalue weighted by atomic mass is 10.1. The van der Waals surface area contributed by atoms with E-state index >= 15 is 0 Å². The number of nitro benzene ring substituents is 1. The van der Waals surface area contributed by atoms with Crippen molar-refractivity contribution < 1.29 is 24.4 Å². The van der Waals surface area contributed by atoms with Gasteiger partial charge in [-0.25, -0.2) is 0 Å². The number of carbonyl (C=O) groups excluding carboxylic acids is 2. The van der Waals surface area contributed by atoms with E-state index in [-0.39, 0.29) is 24.1 Å². The van der Waals surface area contributed by atoms with Gasteiger partial charge in [-0.05, 0) is 6.07 Å². The number of nitro groups is 1. The minimum atomic E-state index is -1.10. The standard InChI is InChI=1S/C11H11N3O6/c12-10(17)6-3-7(5-8(4-6)14(19)20)11(18)13-2-1-9(15)16/h3-5H,1-2H2,(H2,12,17)(H,13,18)(H,15,16). The van der Waals surface area contributed by atoms with Crippen molar-refractivity contribution >= 4 is 23.5 Å². The van der Waals surface area contributed by atoms with Crippen molar-refractivity contribution in [2.45, 2.75) is 6.42 Å². The normalized spacial score (nSPS) is 9.80. The Morgan fingerprint density at radius 1 is 1.25 bits per heavy atom. The van der Waals surface area contributed by atoms with E-state index < -0.39 is 28.4 Å². The Morgan fingerprint density at radius 3 is 2.35 bits per heavy atom. The first-order valence-electron chi connectivity index (χ1n) is 5.40. The highest BCUT2D eigenvalue weighted by molar-refractivity contribution is 6.00. The molecule has 0 saturated heterocycles. The van der Waals surface area contributed by atoms with E-state index in [0.717, 1.165) is 18.2 Å². The van der Waals surface area contributed by atoms with Gasteiger partial charge in [-0.2, -0.15) is 0 Å². The summed E-state index contributed by atoms with van der Waals surface area (Å²) in [7, 11) is 0. The van der Waals surface area contributed by atoms with E-state index in [1.165, 1.54) is 0 Å². The Hall–Kier alpha value is -2.97. The van der Waals surface area contributed by atoms with Crippen LogP contribution in [0.4, 0.5) is 5.69 Å². The molecule has 0 aliphatic carbocycles. The van der Waals surface area contributed by atoms with Gasteiger partial charge in [0.05, 0.1) is 11.3 Å². The molecular weight excluding hydrogens is 270 g/mol. The maximum Gasteiger partial charge on any atom is 0.305 e. The van der Waals surface area contributed by atoms with Gasteiger partial charge in [0.2, 0.25) is 5.91 Å². The molecule has 0 unspecified atom stereocenters. The number of carboxylic acids is 1. The van der Waals surface area contributed by atoms with Crippen LogP contribution in [0.5, 0.6) is 0 Å². The topological polar surface area (TPSA) is 153 Å². The zero-order valence-electron chi connectivity index (χ0n) is 10.2. The minimum Gasteiger partial charge on any atom is -0.481 e. The number of hydrogen-bond donors (Lipinski definition) is 3. The van der Waals surface area contributed by atoms with E-state index in [0.29, 0.717) is 0 Å². The predicted molar refractivity (Wildman–Crippen MR) is 66.2 cm³/mol. The fourth-order valence-electron chi connectivity index (χ4n) is 1.37. The van der Waals surface area contributed by atoms with Crippen LogP contribution >= 0.6 is 0 Å². The molecule has 0 radical (unpaired) electrons. The second kappa shape index (κ2) is 6.27. The summed E-state index contributed by atoms with van der Waals surface area (Å²) in [6.07, 6.45) is -0.288. The van der Waals surface area contributed by atoms with Crippen molar-refractivity contribution in [1.29, 1.82) is 0 Å². The lowest BCUT2D eigenvalue weighted by Crippen LogP contribution is -2.26. The van der Waals surface area contributed by atoms with Crippen molar-refractivity contribution in [3.63, 3.8) is 0 Å². The fraction of sp³-hybridized carbons (Fsp3) is 0.182. The lowest BCUT2D eigenvalue weighted by molar-refractivity contribution is -0.384. The monoisotopic (exact) mass is 281 g/mol. The van der Waals surface area contributed by atoms with Gasteiger partial charge in [-0.3, -0.25) is 24.5 Å². The fourth-order valence-corrected chi connectivity index (χ4v) is 1.37. The Balaban J connectivity index is 2.98. The van der Waals surface area contributed by atoms with Gasteiger partial charge in [-0.1, -0.05) is 0 Å². The van der Waals surface area contributed by atoms with Gasteiger partial charge < -0.3 is 16.2 Å². The Labute approximate surface area is 112 Å². The van der Waals surface area contributed by atoms with E-state index in [1.807, 2.05) is 0 Å². The number of aliphatic carboxylic acids is 1. The van der Waals surface area contributed by atoms with Gasteiger partial charge in [-0.15, -0.1) is 0 Å². The SMILES string of the molecule is NC(=O)c1cc(C(=O)NCCC(=O)O)cc([N+](=O)[O-])c1. The van der Waals surface area contributed by atoms with Crippen molar-refractivity contribution in [2.24, 2.45) is 5.73 Å². The number of benzene rings is 1. The number of nitrogens with one attached hydrogen (secondary N) is 1. The molecule has 0 bridgehead atoms. The molecule has 106 valence electrons. The second-order valence-electron chi connectivity index (χ2n) is 3.79. The number of carbonyl (C=O) groups is 3. The van der Waals surface area contributed by atoms with Crippen molar-refractivity contribution in [3.8, 4) is 0 Å². The summed E-state index contributed by atoms with van der Waals surface area (Å²) in [6.45, 7) is -0.136. The third-order valence-electron chi connectivity index (χ3n) is 2.30. The Morgan fingerprint density at radius 2 is 1.85 bits per heavy atom. The molecule has 0 fully saturated rings. The molecule has 0 aliphatic rings. The minimum absolute atomic E-state index is 0.136. The zero-order valence-corrected chi connectivity index (χ0v) is 10.2. The summed E-state index contributed by atoms with van der Waals surface area (Å²) in [5, 5.41) is 21.4. The summed E-state index contributed by atoms with van der Waals surface area (Å²) in [4.78, 5) is 43.0. The van der Waals surface area contributed by atoms with Crippen LogP contribution in [-0.4, -0.2) is 34.4 Å². The van der Waals surface area contributed by atoms with E-state index in [9.17, 15) is 24.5 Å². The molecule has 0 atom stereocenters. The van der Waals surface area contributed by atoms with Crippen LogP contribution in [0.2, 0.25) is 0 Å². The molecule has 20 heavy (non-hydrogen) atoms. The Kier molecular flexibility index (Phi) is 4.73. The average Bonchev–Trinajstić information content (AvgIpc) is 2.37. The van der Waals surface area contributed by atoms with Crippen LogP contribution in [0.3, 0.4) is 0 Å². The highest BCUT2D eigenvalue weighted by Gasteiger charge is 2.16. The van der Waals surface area contributed by atoms with Gasteiger partial charge in [0.1, 0.15) is 0 Å². The lowest BCUT2D eigenvalue weighted by Gasteiger charge is -2.05. The molecule has 1 rings (SSSR count). The number of nitrogens with two attached hydrogens (primary N) is 1. The van der Waals surface area contributed by atoms with Crippen LogP contribution in [0.1, 0.15) is 27.1 Å². The molecule has 0 saturated carbocycles. The molecule has 0 aromatic heterocycles. The van der Waals surface area contributed by atoms with Crippen molar-refractivity contribution in [2.75, 3.05) is 6.54 Å². The van der Waals surface area contributed by atoms with Crippen LogP contribution in [0, 0.1) is 10.1 Å². The Bertz CT molecular complexity index is 551. The summed E-state index contributed by atoms with van der Waals surface area (Å²) in [6, 6.07) is 3.03. The summed E-state index contributed by atoms with van der Waals surface area (Å²) < 4.78 is 0. The largest absolute Gasteiger partial charge is 0.481 e. The van der Waals surface area contributed by atoms with Crippen LogP contribution < -0.4 is 11.1 Å². The number of primary amides is 1. The molecule has 1 aromatic rings. The number of non-ortho nitro benzene ring substituents is 1. The number of rotatable bonds is 6. The third kappa shape index (κ3) is 4.05. The zero-order chi connectivity index (χ0) is 15.3. The van der Waals surface area contributed by atoms with Gasteiger partial charge in [0.15, 0.2) is 0 Å². The first-order valence-corrected chi connectivity index (χ1v) is 5.40. The maximum atomic E-state index is 11.7. The van der Waals surface area contributed by atoms with Crippen LogP contribution in [-0.2, 0) is 4.79 Å². The summed E-state index contributed by atoms with van der Waals surface area (Å²) >= 11 is 0. The number of hydrogen-bond acceptors (Lipinski definition) is 5. The van der Waals surface area contributed by atoms with Crippen LogP contribution in [0.25, 0.3) is 0 Å². The summed E-state index contributed by atoms with van der Waals surface area (Å²) in [5.41, 5.74) is 4.25. The third-order valence-corrected chi connectivity index (χ3v) is 2.30. The smallest absolute Gasteiger partial charge is 0.305 e. The first kappa shape index (κ1) is 15.1. The highest BCUT2D eigenvalue weighted by atomic mass is 16.6. The first-order chi connectivity index (χ1) is 9.31. The van der Waals surface area contributed by atoms with E-state index in [4.69, 9.17) is 10.8 Å². The number of nitrogens with zero attached hydrogens (tertiary/aromatic N) is 1. The van der Waals surface area contributed by atoms with Crippen molar-refractivity contribution in [3.05, 3.63) is 39.4 Å². The van der Waals surface area contributed by atoms with E-state index in [1.54, 1.807) is 0 Å². The molecule has 4 N–H and O–H groups in total. The van der Waals surface area contributed by atoms with E-state index in [2.05, 4.69) is 5.32 Å². The molecule has 0 spiro atoms. The predicted octanol–water partition coefficient (Wildman–Crippen LogP) is -0.102. The van der Waals surface area contributed by atoms with Crippen molar-refractivity contribution in [1.82, 2.24) is 5.32 Å². The number of carboxylic acid groups (broad SMARTS) is 1. The maximum absolute atomic E-state index is 11.7. The summed E-state index contributed by atoms with van der Waals surface area (Å²) in [5.74, 6) is -2.73. The second-order valence-corrected chi connectivity index (χ2v) is 3.79. The van der Waals surface area contributed by atoms with Gasteiger partial charge in [0, 0.05) is 29.8 Å². The van der Waals surface area contributed by atoms with Gasteiger partial charge in [0.25, 0.3) is 11.6 Å². The molecule has 0 heterocycles. The quantitative estimate of drug-likeness (QED) is 0.488. The number of amides is 2. The molecule has 2 amide bonds. The molecule has 1 aromatic carbocycles. The molecule has 9 nitrogen and oxygen atoms in total. The molecular formula is C11H11N3O6. The molecule has 0 aliphatic heterocycles. The van der Waals surface area contributed by atoms with Gasteiger partial charge >= 0.3 is 5.97 Å².